The van der Waals surface area contributed by atoms with Gasteiger partial charge < -0.3 is 15.1 Å². The molecule has 0 spiro atoms. The number of hydrogen-bond acceptors (Lipinski definition) is 4. The molecule has 6 heteroatoms. The second kappa shape index (κ2) is 7.62. The predicted octanol–water partition coefficient (Wildman–Crippen LogP) is 3.32. The van der Waals surface area contributed by atoms with Gasteiger partial charge in [0.05, 0.1) is 12.2 Å². The van der Waals surface area contributed by atoms with Crippen LogP contribution in [0.25, 0.3) is 11.5 Å². The maximum Gasteiger partial charge on any atom is 0.238 e. The number of aryl methyl sites for hydroxylation is 2. The van der Waals surface area contributed by atoms with E-state index in [2.05, 4.69) is 15.6 Å². The van der Waals surface area contributed by atoms with Crippen molar-refractivity contribution in [3.8, 4) is 11.5 Å². The van der Waals surface area contributed by atoms with Gasteiger partial charge >= 0.3 is 0 Å². The van der Waals surface area contributed by atoms with Crippen LogP contribution in [0.1, 0.15) is 24.1 Å². The van der Waals surface area contributed by atoms with Crippen LogP contribution in [0.2, 0.25) is 0 Å². The van der Waals surface area contributed by atoms with Gasteiger partial charge in [0.25, 0.3) is 0 Å². The lowest BCUT2D eigenvalue weighted by atomic mass is 10.1. The summed E-state index contributed by atoms with van der Waals surface area (Å²) in [5.74, 6) is 1.32. The number of benzene rings is 1. The summed E-state index contributed by atoms with van der Waals surface area (Å²) in [6, 6.07) is 5.81. The largest absolute Gasteiger partial charge is 0.444 e. The molecule has 1 aliphatic carbocycles. The smallest absolute Gasteiger partial charge is 0.238 e. The van der Waals surface area contributed by atoms with Crippen molar-refractivity contribution in [2.24, 2.45) is 5.92 Å². The summed E-state index contributed by atoms with van der Waals surface area (Å²) in [5, 5.41) is 6.14. The fourth-order valence-corrected chi connectivity index (χ4v) is 2.28. The summed E-state index contributed by atoms with van der Waals surface area (Å²) in [6.07, 6.45) is 4.19. The molecule has 1 heterocycles. The number of oxazole rings is 1. The summed E-state index contributed by atoms with van der Waals surface area (Å²) in [5.41, 5.74) is 3.51. The zero-order valence-corrected chi connectivity index (χ0v) is 14.2. The highest BCUT2D eigenvalue weighted by Crippen LogP contribution is 2.27. The average molecular weight is 336 g/mol. The number of rotatable bonds is 6. The van der Waals surface area contributed by atoms with E-state index < -0.39 is 0 Å². The normalized spacial score (nSPS) is 13.5. The van der Waals surface area contributed by atoms with E-state index in [-0.39, 0.29) is 18.3 Å². The Kier molecular flexibility index (Phi) is 5.80. The van der Waals surface area contributed by atoms with Crippen molar-refractivity contribution in [1.82, 2.24) is 10.3 Å². The van der Waals surface area contributed by atoms with E-state index in [0.29, 0.717) is 12.4 Å². The summed E-state index contributed by atoms with van der Waals surface area (Å²) >= 11 is 0. The molecule has 0 bridgehead atoms. The molecule has 0 saturated heterocycles. The summed E-state index contributed by atoms with van der Waals surface area (Å²) in [7, 11) is 0. The highest BCUT2D eigenvalue weighted by molar-refractivity contribution is 5.93. The zero-order chi connectivity index (χ0) is 15.5. The van der Waals surface area contributed by atoms with Gasteiger partial charge in [-0.05, 0) is 56.8 Å². The minimum Gasteiger partial charge on any atom is -0.444 e. The molecule has 124 valence electrons. The molecule has 5 nitrogen and oxygen atoms in total. The lowest BCUT2D eigenvalue weighted by molar-refractivity contribution is -0.115. The van der Waals surface area contributed by atoms with Crippen LogP contribution >= 0.6 is 12.4 Å². The van der Waals surface area contributed by atoms with Crippen molar-refractivity contribution in [2.45, 2.75) is 26.7 Å². The Morgan fingerprint density at radius 3 is 2.78 bits per heavy atom. The van der Waals surface area contributed by atoms with E-state index in [9.17, 15) is 4.79 Å². The summed E-state index contributed by atoms with van der Waals surface area (Å²) < 4.78 is 5.41. The van der Waals surface area contributed by atoms with Crippen LogP contribution < -0.4 is 10.6 Å². The molecule has 0 aliphatic heterocycles. The average Bonchev–Trinajstić information content (AvgIpc) is 3.21. The molecule has 1 aromatic carbocycles. The Morgan fingerprint density at radius 1 is 1.35 bits per heavy atom. The molecule has 3 rings (SSSR count). The second-order valence-electron chi connectivity index (χ2n) is 5.95. The second-order valence-corrected chi connectivity index (χ2v) is 5.95. The number of halogens is 1. The Hall–Kier alpha value is -1.85. The van der Waals surface area contributed by atoms with Crippen LogP contribution in [0.5, 0.6) is 0 Å². The van der Waals surface area contributed by atoms with Gasteiger partial charge in [-0.25, -0.2) is 4.98 Å². The van der Waals surface area contributed by atoms with Crippen LogP contribution in [0.3, 0.4) is 0 Å². The van der Waals surface area contributed by atoms with Crippen molar-refractivity contribution in [2.75, 3.05) is 18.4 Å². The molecular formula is C17H22ClN3O2. The molecule has 0 unspecified atom stereocenters. The van der Waals surface area contributed by atoms with Crippen LogP contribution in [-0.2, 0) is 4.79 Å². The van der Waals surface area contributed by atoms with Crippen LogP contribution in [-0.4, -0.2) is 24.0 Å². The van der Waals surface area contributed by atoms with Crippen LogP contribution in [0.4, 0.5) is 5.69 Å². The third-order valence-electron chi connectivity index (χ3n) is 3.79. The molecule has 0 atom stereocenters. The first-order valence-corrected chi connectivity index (χ1v) is 7.65. The molecule has 1 fully saturated rings. The predicted molar refractivity (Wildman–Crippen MR) is 92.9 cm³/mol. The zero-order valence-electron chi connectivity index (χ0n) is 13.4. The number of anilines is 1. The molecule has 23 heavy (non-hydrogen) atoms. The van der Waals surface area contributed by atoms with Crippen molar-refractivity contribution in [3.63, 3.8) is 0 Å². The summed E-state index contributed by atoms with van der Waals surface area (Å²) in [4.78, 5) is 16.3. The molecule has 2 aromatic rings. The Labute approximate surface area is 142 Å². The topological polar surface area (TPSA) is 67.2 Å². The van der Waals surface area contributed by atoms with Crippen LogP contribution in [0.15, 0.2) is 28.9 Å². The molecule has 1 saturated carbocycles. The van der Waals surface area contributed by atoms with E-state index in [0.717, 1.165) is 35.0 Å². The highest BCUT2D eigenvalue weighted by Gasteiger charge is 2.20. The van der Waals surface area contributed by atoms with E-state index >= 15 is 0 Å². The van der Waals surface area contributed by atoms with E-state index in [1.54, 1.807) is 6.26 Å². The molecular weight excluding hydrogens is 314 g/mol. The van der Waals surface area contributed by atoms with Gasteiger partial charge in [-0.15, -0.1) is 12.4 Å². The van der Waals surface area contributed by atoms with E-state index in [1.165, 1.54) is 12.8 Å². The molecule has 1 aromatic heterocycles. The number of nitrogens with one attached hydrogen (secondary N) is 2. The SMILES string of the molecule is Cc1coc(-c2ccc(C)c(NC(=O)CNCC3CC3)c2)n1.Cl. The molecule has 0 radical (unpaired) electrons. The third kappa shape index (κ3) is 4.81. The quantitative estimate of drug-likeness (QED) is 0.849. The van der Waals surface area contributed by atoms with Crippen molar-refractivity contribution >= 4 is 24.0 Å². The van der Waals surface area contributed by atoms with Gasteiger partial charge in [0.15, 0.2) is 0 Å². The lowest BCUT2D eigenvalue weighted by Gasteiger charge is -2.10. The number of aromatic nitrogens is 1. The number of nitrogens with zero attached hydrogens (tertiary/aromatic N) is 1. The molecule has 1 aliphatic rings. The summed E-state index contributed by atoms with van der Waals surface area (Å²) in [6.45, 7) is 5.13. The van der Waals surface area contributed by atoms with Gasteiger partial charge in [0.2, 0.25) is 11.8 Å². The van der Waals surface area contributed by atoms with Gasteiger partial charge in [-0.2, -0.15) is 0 Å². The number of carbonyl (C=O) groups excluding carboxylic acids is 1. The Balaban J connectivity index is 0.00000192. The van der Waals surface area contributed by atoms with Gasteiger partial charge in [-0.3, -0.25) is 4.79 Å². The standard InChI is InChI=1S/C17H21N3O2.ClH/c1-11-3-6-14(17-19-12(2)10-22-17)7-15(11)20-16(21)9-18-8-13-4-5-13;/h3,6-7,10,13,18H,4-5,8-9H2,1-2H3,(H,20,21);1H. The highest BCUT2D eigenvalue weighted by atomic mass is 35.5. The maximum absolute atomic E-state index is 12.0. The number of amides is 1. The van der Waals surface area contributed by atoms with Gasteiger partial charge in [0.1, 0.15) is 6.26 Å². The van der Waals surface area contributed by atoms with Crippen molar-refractivity contribution in [1.29, 1.82) is 0 Å². The van der Waals surface area contributed by atoms with Gasteiger partial charge in [-0.1, -0.05) is 6.07 Å². The first-order chi connectivity index (χ1) is 10.6. The van der Waals surface area contributed by atoms with E-state index in [4.69, 9.17) is 4.42 Å². The number of hydrogen-bond donors (Lipinski definition) is 2. The first kappa shape index (κ1) is 17.5. The Morgan fingerprint density at radius 2 is 2.13 bits per heavy atom. The number of carbonyl (C=O) groups is 1. The minimum absolute atomic E-state index is 0. The monoisotopic (exact) mass is 335 g/mol. The molecule has 1 amide bonds. The third-order valence-corrected chi connectivity index (χ3v) is 3.79. The fraction of sp³-hybridized carbons (Fsp3) is 0.412. The Bertz CT molecular complexity index is 680. The van der Waals surface area contributed by atoms with Crippen molar-refractivity contribution < 1.29 is 9.21 Å². The fourth-order valence-electron chi connectivity index (χ4n) is 2.28. The minimum atomic E-state index is -0.0236. The maximum atomic E-state index is 12.0. The lowest BCUT2D eigenvalue weighted by Crippen LogP contribution is -2.29. The van der Waals surface area contributed by atoms with Gasteiger partial charge in [0, 0.05) is 11.3 Å². The first-order valence-electron chi connectivity index (χ1n) is 7.65. The van der Waals surface area contributed by atoms with E-state index in [1.807, 2.05) is 32.0 Å². The van der Waals surface area contributed by atoms with Crippen molar-refractivity contribution in [3.05, 3.63) is 35.7 Å². The van der Waals surface area contributed by atoms with Crippen LogP contribution in [0, 0.1) is 19.8 Å². The molecule has 2 N–H and O–H groups in total.